The molecular weight excluding hydrogens is 637 g/mol. The molecule has 0 amide bonds. The largest absolute Gasteiger partial charge is 0.472 e. The number of esters is 1. The van der Waals surface area contributed by atoms with Crippen LogP contribution in [0.5, 0.6) is 0 Å². The highest BCUT2D eigenvalue weighted by Crippen LogP contribution is 2.43. The minimum Gasteiger partial charge on any atom is -0.457 e. The number of rotatable bonds is 40. The van der Waals surface area contributed by atoms with Gasteiger partial charge in [0, 0.05) is 19.6 Å². The standard InChI is InChI=1S/C40H80NO7P/c1-3-5-7-9-11-13-15-17-19-21-23-25-27-29-31-33-40(42)48-39(38-47-49(43,44)46-36-34-41)37-45-35-32-30-28-26-24-22-20-18-16-14-12-10-8-6-4-2/h16,18,39H,3-15,17,19-38,41H2,1-2H3,(H,43,44)/b18-16-. The number of carbonyl (C=O) groups is 1. The van der Waals surface area contributed by atoms with E-state index in [-0.39, 0.29) is 32.3 Å². The van der Waals surface area contributed by atoms with E-state index in [9.17, 15) is 14.3 Å². The molecule has 0 saturated heterocycles. The van der Waals surface area contributed by atoms with Crippen LogP contribution in [-0.4, -0.2) is 49.9 Å². The second-order valence-corrected chi connectivity index (χ2v) is 15.3. The third-order valence-corrected chi connectivity index (χ3v) is 9.92. The van der Waals surface area contributed by atoms with Crippen molar-refractivity contribution >= 4 is 13.8 Å². The second-order valence-electron chi connectivity index (χ2n) is 13.9. The molecule has 0 rings (SSSR count). The van der Waals surface area contributed by atoms with E-state index < -0.39 is 13.9 Å². The second kappa shape index (κ2) is 38.5. The summed E-state index contributed by atoms with van der Waals surface area (Å²) >= 11 is 0. The Balaban J connectivity index is 4.03. The third-order valence-electron chi connectivity index (χ3n) is 8.93. The smallest absolute Gasteiger partial charge is 0.457 e. The zero-order valence-corrected chi connectivity index (χ0v) is 33.1. The van der Waals surface area contributed by atoms with Gasteiger partial charge < -0.3 is 20.1 Å². The van der Waals surface area contributed by atoms with Gasteiger partial charge in [0.25, 0.3) is 0 Å². The average Bonchev–Trinajstić information content (AvgIpc) is 3.09. The van der Waals surface area contributed by atoms with E-state index in [2.05, 4.69) is 26.0 Å². The molecular formula is C40H80NO7P. The minimum atomic E-state index is -4.27. The number of hydrogen-bond donors (Lipinski definition) is 2. The predicted molar refractivity (Wildman–Crippen MR) is 206 cm³/mol. The lowest BCUT2D eigenvalue weighted by molar-refractivity contribution is -0.154. The Hall–Kier alpha value is -0.760. The maximum absolute atomic E-state index is 12.5. The average molecular weight is 718 g/mol. The van der Waals surface area contributed by atoms with Crippen molar-refractivity contribution < 1.29 is 32.8 Å². The summed E-state index contributed by atoms with van der Waals surface area (Å²) < 4.78 is 33.4. The molecule has 292 valence electrons. The van der Waals surface area contributed by atoms with Crippen molar-refractivity contribution in [1.29, 1.82) is 0 Å². The summed E-state index contributed by atoms with van der Waals surface area (Å²) in [5.74, 6) is -0.329. The van der Waals surface area contributed by atoms with Gasteiger partial charge in [0.2, 0.25) is 0 Å². The summed E-state index contributed by atoms with van der Waals surface area (Å²) in [6, 6.07) is 0. The summed E-state index contributed by atoms with van der Waals surface area (Å²) in [4.78, 5) is 22.4. The molecule has 0 spiro atoms. The molecule has 49 heavy (non-hydrogen) atoms. The molecule has 8 nitrogen and oxygen atoms in total. The first-order valence-corrected chi connectivity index (χ1v) is 22.2. The van der Waals surface area contributed by atoms with Crippen LogP contribution in [0.25, 0.3) is 0 Å². The third kappa shape index (κ3) is 38.3. The maximum atomic E-state index is 12.5. The molecule has 0 aromatic carbocycles. The van der Waals surface area contributed by atoms with Crippen molar-refractivity contribution in [3.63, 3.8) is 0 Å². The molecule has 0 aromatic heterocycles. The van der Waals surface area contributed by atoms with Gasteiger partial charge in [-0.3, -0.25) is 13.8 Å². The molecule has 9 heteroatoms. The van der Waals surface area contributed by atoms with Gasteiger partial charge in [0.1, 0.15) is 6.10 Å². The van der Waals surface area contributed by atoms with Gasteiger partial charge in [-0.25, -0.2) is 4.57 Å². The van der Waals surface area contributed by atoms with Crippen LogP contribution in [0.15, 0.2) is 12.2 Å². The van der Waals surface area contributed by atoms with E-state index in [4.69, 9.17) is 24.3 Å². The van der Waals surface area contributed by atoms with E-state index in [1.165, 1.54) is 148 Å². The van der Waals surface area contributed by atoms with Crippen LogP contribution in [0, 0.1) is 0 Å². The zero-order valence-electron chi connectivity index (χ0n) is 32.2. The first-order chi connectivity index (χ1) is 23.9. The van der Waals surface area contributed by atoms with Crippen molar-refractivity contribution in [3.05, 3.63) is 12.2 Å². The monoisotopic (exact) mass is 718 g/mol. The molecule has 3 N–H and O–H groups in total. The quantitative estimate of drug-likeness (QED) is 0.0278. The lowest BCUT2D eigenvalue weighted by Crippen LogP contribution is -2.28. The highest BCUT2D eigenvalue weighted by Gasteiger charge is 2.25. The van der Waals surface area contributed by atoms with Crippen molar-refractivity contribution in [3.8, 4) is 0 Å². The number of allylic oxidation sites excluding steroid dienone is 2. The van der Waals surface area contributed by atoms with Gasteiger partial charge in [-0.15, -0.1) is 0 Å². The normalized spacial score (nSPS) is 13.6. The fraction of sp³-hybridized carbons (Fsp3) is 0.925. The van der Waals surface area contributed by atoms with Gasteiger partial charge in [-0.1, -0.05) is 167 Å². The fourth-order valence-corrected chi connectivity index (χ4v) is 6.64. The molecule has 2 atom stereocenters. The molecule has 0 saturated carbocycles. The van der Waals surface area contributed by atoms with E-state index in [0.29, 0.717) is 13.0 Å². The number of carbonyl (C=O) groups excluding carboxylic acids is 1. The SMILES string of the molecule is CCCCCCC/C=C\CCCCCCCCOCC(COP(=O)(O)OCCN)OC(=O)CCCCCCCCCCCCCCCCC. The molecule has 0 radical (unpaired) electrons. The summed E-state index contributed by atoms with van der Waals surface area (Å²) in [7, 11) is -4.27. The van der Waals surface area contributed by atoms with Crippen LogP contribution in [0.4, 0.5) is 0 Å². The number of ether oxygens (including phenoxy) is 2. The Morgan fingerprint density at radius 3 is 1.49 bits per heavy atom. The summed E-state index contributed by atoms with van der Waals surface area (Å²) in [5, 5.41) is 0. The lowest BCUT2D eigenvalue weighted by Gasteiger charge is -2.20. The molecule has 0 aliphatic carbocycles. The van der Waals surface area contributed by atoms with Gasteiger partial charge in [-0.2, -0.15) is 0 Å². The van der Waals surface area contributed by atoms with Gasteiger partial charge >= 0.3 is 13.8 Å². The molecule has 0 heterocycles. The Kier molecular flexibility index (Phi) is 37.9. The van der Waals surface area contributed by atoms with E-state index in [1.807, 2.05) is 0 Å². The van der Waals surface area contributed by atoms with Crippen LogP contribution in [0.3, 0.4) is 0 Å². The number of unbranched alkanes of at least 4 members (excludes halogenated alkanes) is 25. The van der Waals surface area contributed by atoms with Gasteiger partial charge in [-0.05, 0) is 38.5 Å². The van der Waals surface area contributed by atoms with E-state index in [1.54, 1.807) is 0 Å². The number of hydrogen-bond acceptors (Lipinski definition) is 7. The maximum Gasteiger partial charge on any atom is 0.472 e. The summed E-state index contributed by atoms with van der Waals surface area (Å²) in [6.45, 7) is 4.93. The van der Waals surface area contributed by atoms with Crippen LogP contribution in [-0.2, 0) is 27.9 Å². The highest BCUT2D eigenvalue weighted by molar-refractivity contribution is 7.47. The molecule has 0 aliphatic rings. The fourth-order valence-electron chi connectivity index (χ4n) is 5.87. The number of nitrogens with two attached hydrogens (primary N) is 1. The van der Waals surface area contributed by atoms with Crippen LogP contribution < -0.4 is 5.73 Å². The van der Waals surface area contributed by atoms with Crippen LogP contribution in [0.1, 0.15) is 200 Å². The Labute approximate surface area is 303 Å². The van der Waals surface area contributed by atoms with E-state index >= 15 is 0 Å². The van der Waals surface area contributed by atoms with Crippen molar-refractivity contribution in [1.82, 2.24) is 0 Å². The predicted octanol–water partition coefficient (Wildman–Crippen LogP) is 11.9. The minimum absolute atomic E-state index is 0.0934. The topological polar surface area (TPSA) is 117 Å². The van der Waals surface area contributed by atoms with Crippen molar-refractivity contribution in [2.45, 2.75) is 206 Å². The van der Waals surface area contributed by atoms with Crippen molar-refractivity contribution in [2.24, 2.45) is 5.73 Å². The first-order valence-electron chi connectivity index (χ1n) is 20.7. The first kappa shape index (κ1) is 48.2. The lowest BCUT2D eigenvalue weighted by atomic mass is 10.0. The Bertz CT molecular complexity index is 767. The number of phosphoric ester groups is 1. The van der Waals surface area contributed by atoms with Gasteiger partial charge in [0.15, 0.2) is 0 Å². The molecule has 0 aliphatic heterocycles. The van der Waals surface area contributed by atoms with E-state index in [0.717, 1.165) is 32.1 Å². The van der Waals surface area contributed by atoms with Crippen LogP contribution >= 0.6 is 7.82 Å². The zero-order chi connectivity index (χ0) is 35.9. The molecule has 0 aromatic rings. The number of phosphoric acid groups is 1. The Morgan fingerprint density at radius 2 is 1.02 bits per heavy atom. The Morgan fingerprint density at radius 1 is 0.592 bits per heavy atom. The summed E-state index contributed by atoms with van der Waals surface area (Å²) in [5.41, 5.74) is 5.36. The van der Waals surface area contributed by atoms with Crippen molar-refractivity contribution in [2.75, 3.05) is 33.0 Å². The highest BCUT2D eigenvalue weighted by atomic mass is 31.2. The van der Waals surface area contributed by atoms with Gasteiger partial charge in [0.05, 0.1) is 19.8 Å². The summed E-state index contributed by atoms with van der Waals surface area (Å²) in [6.07, 6.45) is 39.3. The molecule has 0 bridgehead atoms. The molecule has 0 fully saturated rings. The van der Waals surface area contributed by atoms with Crippen LogP contribution in [0.2, 0.25) is 0 Å². The molecule has 2 unspecified atom stereocenters.